The minimum atomic E-state index is -0.651. The highest BCUT2D eigenvalue weighted by Crippen LogP contribution is 2.20. The Balaban J connectivity index is 2.91. The average Bonchev–Trinajstić information content (AvgIpc) is 2.26. The molecule has 0 saturated carbocycles. The molecule has 3 N–H and O–H groups in total. The summed E-state index contributed by atoms with van der Waals surface area (Å²) in [5, 5.41) is 2.38. The molecule has 1 rings (SSSR count). The number of benzene rings is 1. The number of carbonyl (C=O) groups is 1. The largest absolute Gasteiger partial charge is 0.330 e. The minimum absolute atomic E-state index is 0.0355. The van der Waals surface area contributed by atoms with Crippen molar-refractivity contribution in [2.24, 2.45) is 17.6 Å². The number of nitrogens with one attached hydrogen (secondary N) is 1. The van der Waals surface area contributed by atoms with Gasteiger partial charge in [-0.15, -0.1) is 0 Å². The lowest BCUT2D eigenvalue weighted by Crippen LogP contribution is -2.33. The third-order valence-electron chi connectivity index (χ3n) is 2.90. The molecule has 0 heterocycles. The highest BCUT2D eigenvalue weighted by atomic mass is 19.1. The molecule has 100 valence electrons. The standard InChI is InChI=1S/C13H18F2N2O/c1-7(2)9(6-16)13(18)17-12-5-10(14)8(3)4-11(12)15/h4-5,7,9H,6,16H2,1-3H3,(H,17,18). The normalized spacial score (nSPS) is 12.6. The van der Waals surface area contributed by atoms with E-state index >= 15 is 0 Å². The van der Waals surface area contributed by atoms with Crippen LogP contribution in [0.5, 0.6) is 0 Å². The second-order valence-corrected chi connectivity index (χ2v) is 4.66. The summed E-state index contributed by atoms with van der Waals surface area (Å²) in [6, 6.07) is 2.04. The number of hydrogen-bond acceptors (Lipinski definition) is 2. The molecule has 1 atom stereocenters. The third-order valence-corrected chi connectivity index (χ3v) is 2.90. The fourth-order valence-electron chi connectivity index (χ4n) is 1.65. The van der Waals surface area contributed by atoms with Crippen LogP contribution < -0.4 is 11.1 Å². The Kier molecular flexibility index (Phi) is 4.78. The second kappa shape index (κ2) is 5.91. The number of carbonyl (C=O) groups excluding carboxylic acids is 1. The highest BCUT2D eigenvalue weighted by Gasteiger charge is 2.21. The number of hydrogen-bond donors (Lipinski definition) is 2. The fourth-order valence-corrected chi connectivity index (χ4v) is 1.65. The smallest absolute Gasteiger partial charge is 0.229 e. The van der Waals surface area contributed by atoms with Gasteiger partial charge >= 0.3 is 0 Å². The van der Waals surface area contributed by atoms with Gasteiger partial charge in [0.1, 0.15) is 11.6 Å². The van der Waals surface area contributed by atoms with E-state index in [1.807, 2.05) is 13.8 Å². The van der Waals surface area contributed by atoms with Crippen LogP contribution in [0.15, 0.2) is 12.1 Å². The van der Waals surface area contributed by atoms with Gasteiger partial charge in [-0.1, -0.05) is 13.8 Å². The SMILES string of the molecule is Cc1cc(F)c(NC(=O)C(CN)C(C)C)cc1F. The van der Waals surface area contributed by atoms with Gasteiger partial charge in [0.05, 0.1) is 11.6 Å². The molecule has 0 saturated heterocycles. The summed E-state index contributed by atoms with van der Waals surface area (Å²) in [7, 11) is 0. The zero-order valence-electron chi connectivity index (χ0n) is 10.8. The van der Waals surface area contributed by atoms with Gasteiger partial charge in [-0.05, 0) is 24.5 Å². The van der Waals surface area contributed by atoms with Gasteiger partial charge in [0.25, 0.3) is 0 Å². The zero-order chi connectivity index (χ0) is 13.9. The summed E-state index contributed by atoms with van der Waals surface area (Å²) < 4.78 is 26.9. The summed E-state index contributed by atoms with van der Waals surface area (Å²) in [5.74, 6) is -1.99. The van der Waals surface area contributed by atoms with Crippen LogP contribution in [0.3, 0.4) is 0 Å². The molecule has 0 aliphatic rings. The van der Waals surface area contributed by atoms with Crippen LogP contribution in [0.4, 0.5) is 14.5 Å². The summed E-state index contributed by atoms with van der Waals surface area (Å²) in [6.07, 6.45) is 0. The molecule has 0 bridgehead atoms. The lowest BCUT2D eigenvalue weighted by Gasteiger charge is -2.18. The summed E-state index contributed by atoms with van der Waals surface area (Å²) >= 11 is 0. The second-order valence-electron chi connectivity index (χ2n) is 4.66. The molecule has 0 radical (unpaired) electrons. The Bertz CT molecular complexity index is 447. The molecule has 5 heteroatoms. The first-order valence-electron chi connectivity index (χ1n) is 5.83. The zero-order valence-corrected chi connectivity index (χ0v) is 10.8. The third kappa shape index (κ3) is 3.26. The molecule has 3 nitrogen and oxygen atoms in total. The van der Waals surface area contributed by atoms with Gasteiger partial charge in [-0.25, -0.2) is 8.78 Å². The molecule has 0 spiro atoms. The van der Waals surface area contributed by atoms with Crippen molar-refractivity contribution in [3.8, 4) is 0 Å². The summed E-state index contributed by atoms with van der Waals surface area (Å²) in [6.45, 7) is 5.33. The van der Waals surface area contributed by atoms with Crippen LogP contribution in [-0.4, -0.2) is 12.5 Å². The van der Waals surface area contributed by atoms with Gasteiger partial charge in [-0.3, -0.25) is 4.79 Å². The molecule has 0 aromatic heterocycles. The molecular weight excluding hydrogens is 238 g/mol. The molecule has 1 unspecified atom stereocenters. The minimum Gasteiger partial charge on any atom is -0.330 e. The number of nitrogens with two attached hydrogens (primary N) is 1. The molecule has 0 aliphatic carbocycles. The van der Waals surface area contributed by atoms with Crippen molar-refractivity contribution in [1.82, 2.24) is 0 Å². The van der Waals surface area contributed by atoms with E-state index in [9.17, 15) is 13.6 Å². The van der Waals surface area contributed by atoms with E-state index in [0.29, 0.717) is 0 Å². The number of aryl methyl sites for hydroxylation is 1. The van der Waals surface area contributed by atoms with Crippen molar-refractivity contribution in [1.29, 1.82) is 0 Å². The van der Waals surface area contributed by atoms with Crippen molar-refractivity contribution in [3.63, 3.8) is 0 Å². The molecule has 1 amide bonds. The molecule has 0 aliphatic heterocycles. The van der Waals surface area contributed by atoms with Crippen LogP contribution in [-0.2, 0) is 4.79 Å². The van der Waals surface area contributed by atoms with Crippen molar-refractivity contribution in [2.45, 2.75) is 20.8 Å². The van der Waals surface area contributed by atoms with Crippen LogP contribution >= 0.6 is 0 Å². The maximum absolute atomic E-state index is 13.5. The average molecular weight is 256 g/mol. The van der Waals surface area contributed by atoms with E-state index < -0.39 is 23.5 Å². The fraction of sp³-hybridized carbons (Fsp3) is 0.462. The van der Waals surface area contributed by atoms with E-state index in [0.717, 1.165) is 12.1 Å². The lowest BCUT2D eigenvalue weighted by atomic mass is 9.95. The molecule has 0 fully saturated rings. The predicted octanol–water partition coefficient (Wildman–Crippen LogP) is 2.44. The summed E-state index contributed by atoms with van der Waals surface area (Å²) in [4.78, 5) is 11.9. The quantitative estimate of drug-likeness (QED) is 0.869. The van der Waals surface area contributed by atoms with Crippen LogP contribution in [0.25, 0.3) is 0 Å². The first kappa shape index (κ1) is 14.6. The van der Waals surface area contributed by atoms with Crippen molar-refractivity contribution in [3.05, 3.63) is 29.3 Å². The van der Waals surface area contributed by atoms with E-state index in [4.69, 9.17) is 5.73 Å². The summed E-state index contributed by atoms with van der Waals surface area (Å²) in [5.41, 5.74) is 5.54. The first-order valence-corrected chi connectivity index (χ1v) is 5.83. The maximum atomic E-state index is 13.5. The van der Waals surface area contributed by atoms with Gasteiger partial charge in [0, 0.05) is 12.6 Å². The first-order chi connectivity index (χ1) is 8.36. The molecular formula is C13H18F2N2O. The van der Waals surface area contributed by atoms with E-state index in [-0.39, 0.29) is 23.7 Å². The van der Waals surface area contributed by atoms with Crippen molar-refractivity contribution in [2.75, 3.05) is 11.9 Å². The van der Waals surface area contributed by atoms with Gasteiger partial charge in [0.2, 0.25) is 5.91 Å². The number of amides is 1. The Morgan fingerprint density at radius 2 is 1.94 bits per heavy atom. The van der Waals surface area contributed by atoms with Crippen LogP contribution in [0, 0.1) is 30.4 Å². The highest BCUT2D eigenvalue weighted by molar-refractivity contribution is 5.93. The lowest BCUT2D eigenvalue weighted by molar-refractivity contribution is -0.120. The Labute approximate surface area is 105 Å². The van der Waals surface area contributed by atoms with Gasteiger partial charge in [0.15, 0.2) is 0 Å². The topological polar surface area (TPSA) is 55.1 Å². The van der Waals surface area contributed by atoms with E-state index in [1.165, 1.54) is 6.92 Å². The van der Waals surface area contributed by atoms with Crippen LogP contribution in [0.2, 0.25) is 0 Å². The van der Waals surface area contributed by atoms with E-state index in [1.54, 1.807) is 0 Å². The van der Waals surface area contributed by atoms with Crippen LogP contribution in [0.1, 0.15) is 19.4 Å². The number of anilines is 1. The Hall–Kier alpha value is -1.49. The number of rotatable bonds is 4. The van der Waals surface area contributed by atoms with Crippen molar-refractivity contribution >= 4 is 11.6 Å². The molecule has 1 aromatic rings. The van der Waals surface area contributed by atoms with Gasteiger partial charge in [-0.2, -0.15) is 0 Å². The molecule has 1 aromatic carbocycles. The monoisotopic (exact) mass is 256 g/mol. The van der Waals surface area contributed by atoms with Crippen molar-refractivity contribution < 1.29 is 13.6 Å². The predicted molar refractivity (Wildman–Crippen MR) is 67.1 cm³/mol. The Morgan fingerprint density at radius 1 is 1.33 bits per heavy atom. The molecule has 18 heavy (non-hydrogen) atoms. The van der Waals surface area contributed by atoms with E-state index in [2.05, 4.69) is 5.32 Å². The van der Waals surface area contributed by atoms with Gasteiger partial charge < -0.3 is 11.1 Å². The maximum Gasteiger partial charge on any atom is 0.229 e. The number of halogens is 2. The Morgan fingerprint density at radius 3 is 2.44 bits per heavy atom.